The Hall–Kier alpha value is -2.06. The molecule has 0 radical (unpaired) electrons. The Bertz CT molecular complexity index is 664. The molecule has 8 nitrogen and oxygen atoms in total. The Morgan fingerprint density at radius 3 is 2.68 bits per heavy atom. The molecule has 1 aromatic heterocycles. The van der Waals surface area contributed by atoms with Crippen LogP contribution < -0.4 is 0 Å². The van der Waals surface area contributed by atoms with E-state index in [4.69, 9.17) is 4.74 Å². The quantitative estimate of drug-likeness (QED) is 0.830. The maximum Gasteiger partial charge on any atom is 0.313 e. The Morgan fingerprint density at radius 2 is 2.04 bits per heavy atom. The number of carboxylic acids is 1. The highest BCUT2D eigenvalue weighted by atomic mass is 16.5. The second-order valence-corrected chi connectivity index (χ2v) is 7.23. The molecule has 0 bridgehead atoms. The van der Waals surface area contributed by atoms with Crippen molar-refractivity contribution in [2.45, 2.75) is 18.9 Å². The molecule has 25 heavy (non-hydrogen) atoms. The maximum atomic E-state index is 12.6. The van der Waals surface area contributed by atoms with Crippen molar-refractivity contribution in [1.82, 2.24) is 20.0 Å². The number of ether oxygens (including phenoxy) is 1. The Kier molecular flexibility index (Phi) is 4.16. The summed E-state index contributed by atoms with van der Waals surface area (Å²) in [6.45, 7) is 3.40. The number of amides is 1. The van der Waals surface area contributed by atoms with Crippen molar-refractivity contribution in [3.63, 3.8) is 0 Å². The van der Waals surface area contributed by atoms with E-state index in [1.807, 2.05) is 0 Å². The molecule has 4 rings (SSSR count). The first kappa shape index (κ1) is 16.4. The summed E-state index contributed by atoms with van der Waals surface area (Å²) in [6, 6.07) is 3.67. The van der Waals surface area contributed by atoms with Gasteiger partial charge in [0.1, 0.15) is 5.41 Å². The number of aliphatic carboxylic acids is 1. The van der Waals surface area contributed by atoms with Gasteiger partial charge in [-0.2, -0.15) is 5.10 Å². The number of hydrogen-bond donors (Lipinski definition) is 1. The van der Waals surface area contributed by atoms with Crippen LogP contribution in [0.4, 0.5) is 0 Å². The van der Waals surface area contributed by atoms with Gasteiger partial charge in [-0.25, -0.2) is 0 Å². The summed E-state index contributed by atoms with van der Waals surface area (Å²) in [4.78, 5) is 28.7. The van der Waals surface area contributed by atoms with Crippen LogP contribution in [0.25, 0.3) is 0 Å². The summed E-state index contributed by atoms with van der Waals surface area (Å²) >= 11 is 0. The molecule has 1 amide bonds. The lowest BCUT2D eigenvalue weighted by molar-refractivity contribution is -0.148. The molecule has 134 valence electrons. The van der Waals surface area contributed by atoms with Gasteiger partial charge in [-0.05, 0) is 25.0 Å². The number of carboxylic acid groups (broad SMARTS) is 1. The Balaban J connectivity index is 1.51. The van der Waals surface area contributed by atoms with Crippen LogP contribution in [0, 0.1) is 11.3 Å². The minimum atomic E-state index is -0.879. The SMILES string of the molecule is O=C(c1cccnn1)N1CC2CN(C3CCOCC3)CC2(C(=O)O)C1. The second-order valence-electron chi connectivity index (χ2n) is 7.23. The highest BCUT2D eigenvalue weighted by Gasteiger charge is 2.59. The number of rotatable bonds is 3. The number of carbonyl (C=O) groups excluding carboxylic acids is 1. The van der Waals surface area contributed by atoms with Gasteiger partial charge in [0.25, 0.3) is 5.91 Å². The van der Waals surface area contributed by atoms with Gasteiger partial charge in [-0.3, -0.25) is 14.5 Å². The van der Waals surface area contributed by atoms with Gasteiger partial charge in [0.2, 0.25) is 0 Å². The van der Waals surface area contributed by atoms with E-state index in [1.54, 1.807) is 17.0 Å². The first-order chi connectivity index (χ1) is 12.1. The summed E-state index contributed by atoms with van der Waals surface area (Å²) in [7, 11) is 0. The summed E-state index contributed by atoms with van der Waals surface area (Å²) in [5, 5.41) is 17.5. The molecule has 0 aliphatic carbocycles. The lowest BCUT2D eigenvalue weighted by Gasteiger charge is -2.33. The smallest absolute Gasteiger partial charge is 0.313 e. The predicted octanol–water partition coefficient (Wildman–Crippen LogP) is 0.114. The Labute approximate surface area is 145 Å². The minimum Gasteiger partial charge on any atom is -0.481 e. The third kappa shape index (κ3) is 2.79. The molecule has 1 aromatic rings. The number of fused-ring (bicyclic) bond motifs is 1. The van der Waals surface area contributed by atoms with E-state index < -0.39 is 11.4 Å². The maximum absolute atomic E-state index is 12.6. The molecule has 0 spiro atoms. The lowest BCUT2D eigenvalue weighted by atomic mass is 9.81. The zero-order valence-corrected chi connectivity index (χ0v) is 14.0. The van der Waals surface area contributed by atoms with Gasteiger partial charge in [-0.15, -0.1) is 5.10 Å². The molecule has 0 aromatic carbocycles. The van der Waals surface area contributed by atoms with Crippen LogP contribution in [-0.2, 0) is 9.53 Å². The van der Waals surface area contributed by atoms with E-state index in [2.05, 4.69) is 15.1 Å². The van der Waals surface area contributed by atoms with Gasteiger partial charge < -0.3 is 14.7 Å². The molecule has 1 N–H and O–H groups in total. The molecule has 2 atom stereocenters. The van der Waals surface area contributed by atoms with E-state index in [1.165, 1.54) is 6.20 Å². The zero-order valence-electron chi connectivity index (χ0n) is 14.0. The number of carbonyl (C=O) groups is 2. The molecular weight excluding hydrogens is 324 g/mol. The van der Waals surface area contributed by atoms with E-state index in [0.29, 0.717) is 19.1 Å². The van der Waals surface area contributed by atoms with Crippen molar-refractivity contribution >= 4 is 11.9 Å². The number of hydrogen-bond acceptors (Lipinski definition) is 6. The predicted molar refractivity (Wildman–Crippen MR) is 86.9 cm³/mol. The molecule has 3 aliphatic heterocycles. The van der Waals surface area contributed by atoms with Crippen LogP contribution >= 0.6 is 0 Å². The monoisotopic (exact) mass is 346 g/mol. The zero-order chi connectivity index (χ0) is 17.4. The van der Waals surface area contributed by atoms with Crippen molar-refractivity contribution in [1.29, 1.82) is 0 Å². The first-order valence-electron chi connectivity index (χ1n) is 8.72. The largest absolute Gasteiger partial charge is 0.481 e. The molecule has 2 unspecified atom stereocenters. The van der Waals surface area contributed by atoms with Crippen LogP contribution in [-0.4, -0.2) is 82.4 Å². The van der Waals surface area contributed by atoms with Crippen LogP contribution in [0.2, 0.25) is 0 Å². The number of likely N-dealkylation sites (tertiary alicyclic amines) is 2. The number of aromatic nitrogens is 2. The van der Waals surface area contributed by atoms with Crippen LogP contribution in [0.5, 0.6) is 0 Å². The van der Waals surface area contributed by atoms with E-state index in [9.17, 15) is 14.7 Å². The fourth-order valence-corrected chi connectivity index (χ4v) is 4.47. The van der Waals surface area contributed by atoms with Gasteiger partial charge >= 0.3 is 5.97 Å². The lowest BCUT2D eigenvalue weighted by Crippen LogP contribution is -2.45. The summed E-state index contributed by atoms with van der Waals surface area (Å²) in [6.07, 6.45) is 3.41. The third-order valence-corrected chi connectivity index (χ3v) is 5.85. The highest BCUT2D eigenvalue weighted by molar-refractivity contribution is 5.93. The van der Waals surface area contributed by atoms with Crippen molar-refractivity contribution in [2.24, 2.45) is 11.3 Å². The highest BCUT2D eigenvalue weighted by Crippen LogP contribution is 2.44. The molecular formula is C17H22N4O4. The van der Waals surface area contributed by atoms with Gasteiger partial charge in [0.15, 0.2) is 5.69 Å². The standard InChI is InChI=1S/C17H22N4O4/c22-15(14-2-1-5-18-19-14)21-9-12-8-20(13-3-6-25-7-4-13)10-17(12,11-21)16(23)24/h1-2,5,12-13H,3-4,6-11H2,(H,23,24). The normalized spacial score (nSPS) is 30.4. The average molecular weight is 346 g/mol. The third-order valence-electron chi connectivity index (χ3n) is 5.85. The van der Waals surface area contributed by atoms with Crippen molar-refractivity contribution in [3.05, 3.63) is 24.0 Å². The molecule has 3 saturated heterocycles. The van der Waals surface area contributed by atoms with Gasteiger partial charge in [0, 0.05) is 57.5 Å². The fourth-order valence-electron chi connectivity index (χ4n) is 4.47. The van der Waals surface area contributed by atoms with E-state index >= 15 is 0 Å². The van der Waals surface area contributed by atoms with Gasteiger partial charge in [-0.1, -0.05) is 0 Å². The van der Waals surface area contributed by atoms with Crippen LogP contribution in [0.3, 0.4) is 0 Å². The second kappa shape index (κ2) is 6.34. The van der Waals surface area contributed by atoms with Crippen molar-refractivity contribution in [2.75, 3.05) is 39.4 Å². The molecule has 4 heterocycles. The fraction of sp³-hybridized carbons (Fsp3) is 0.647. The Morgan fingerprint density at radius 1 is 1.24 bits per heavy atom. The van der Waals surface area contributed by atoms with Crippen molar-refractivity contribution in [3.8, 4) is 0 Å². The summed E-state index contributed by atoms with van der Waals surface area (Å²) < 4.78 is 5.41. The van der Waals surface area contributed by atoms with Crippen molar-refractivity contribution < 1.29 is 19.4 Å². The van der Waals surface area contributed by atoms with E-state index in [0.717, 1.165) is 32.6 Å². The minimum absolute atomic E-state index is 0.0477. The average Bonchev–Trinajstić information content (AvgIpc) is 3.18. The molecule has 8 heteroatoms. The molecule has 3 aliphatic rings. The first-order valence-corrected chi connectivity index (χ1v) is 8.72. The van der Waals surface area contributed by atoms with Crippen LogP contribution in [0.1, 0.15) is 23.3 Å². The van der Waals surface area contributed by atoms with E-state index in [-0.39, 0.29) is 24.1 Å². The number of nitrogens with zero attached hydrogens (tertiary/aromatic N) is 4. The molecule has 3 fully saturated rings. The van der Waals surface area contributed by atoms with Crippen LogP contribution in [0.15, 0.2) is 18.3 Å². The van der Waals surface area contributed by atoms with Gasteiger partial charge in [0.05, 0.1) is 0 Å². The summed E-state index contributed by atoms with van der Waals surface area (Å²) in [5.74, 6) is -1.09. The topological polar surface area (TPSA) is 95.9 Å². The molecule has 0 saturated carbocycles. The summed E-state index contributed by atoms with van der Waals surface area (Å²) in [5.41, 5.74) is -0.611.